The molecule has 98 valence electrons. The lowest BCUT2D eigenvalue weighted by Crippen LogP contribution is -2.02. The number of benzene rings is 1. The summed E-state index contributed by atoms with van der Waals surface area (Å²) in [5.41, 5.74) is 1.83. The van der Waals surface area contributed by atoms with Gasteiger partial charge in [0.05, 0.1) is 10.4 Å². The fourth-order valence-corrected chi connectivity index (χ4v) is 2.03. The van der Waals surface area contributed by atoms with E-state index in [0.29, 0.717) is 6.42 Å². The van der Waals surface area contributed by atoms with E-state index in [2.05, 4.69) is 4.98 Å². The minimum Gasteiger partial charge on any atom is -0.259 e. The van der Waals surface area contributed by atoms with Crippen molar-refractivity contribution in [2.75, 3.05) is 0 Å². The van der Waals surface area contributed by atoms with E-state index in [1.165, 1.54) is 0 Å². The molecule has 0 bridgehead atoms. The Morgan fingerprint density at radius 2 is 2.11 bits per heavy atom. The molecule has 0 amide bonds. The molecule has 0 aliphatic carbocycles. The lowest BCUT2D eigenvalue weighted by Gasteiger charge is -2.04. The molecule has 0 unspecified atom stereocenters. The minimum atomic E-state index is -0.304. The maximum absolute atomic E-state index is 11.1. The van der Waals surface area contributed by atoms with Crippen molar-refractivity contribution >= 4 is 17.0 Å². The van der Waals surface area contributed by atoms with Gasteiger partial charge in [0.15, 0.2) is 0 Å². The third-order valence-corrected chi connectivity index (χ3v) is 2.84. The Morgan fingerprint density at radius 3 is 2.79 bits per heavy atom. The Kier molecular flexibility index (Phi) is 3.90. The summed E-state index contributed by atoms with van der Waals surface area (Å²) in [7, 11) is 0. The van der Waals surface area contributed by atoms with Crippen molar-refractivity contribution in [2.45, 2.75) is 20.3 Å². The molecule has 0 aliphatic heterocycles. The summed E-state index contributed by atoms with van der Waals surface area (Å²) in [6, 6.07) is 9.52. The standard InChI is InChI=1S/C15H16N2O2/c1-11(2)9-14(17(18)19)10-13-6-3-5-12-7-4-8-16-15(12)13/h3-8,10-11H,9H2,1-2H3. The number of nitro groups is 1. The van der Waals surface area contributed by atoms with Crippen LogP contribution in [0.4, 0.5) is 0 Å². The topological polar surface area (TPSA) is 56.0 Å². The van der Waals surface area contributed by atoms with E-state index in [1.807, 2.05) is 44.2 Å². The summed E-state index contributed by atoms with van der Waals surface area (Å²) < 4.78 is 0. The van der Waals surface area contributed by atoms with Gasteiger partial charge in [-0.25, -0.2) is 0 Å². The third-order valence-electron chi connectivity index (χ3n) is 2.84. The van der Waals surface area contributed by atoms with E-state index in [-0.39, 0.29) is 16.5 Å². The summed E-state index contributed by atoms with van der Waals surface area (Å²) in [5.74, 6) is 0.250. The molecule has 4 nitrogen and oxygen atoms in total. The van der Waals surface area contributed by atoms with Gasteiger partial charge >= 0.3 is 0 Å². The summed E-state index contributed by atoms with van der Waals surface area (Å²) in [4.78, 5) is 15.1. The fraction of sp³-hybridized carbons (Fsp3) is 0.267. The second-order valence-corrected chi connectivity index (χ2v) is 4.91. The van der Waals surface area contributed by atoms with Gasteiger partial charge in [0.1, 0.15) is 0 Å². The van der Waals surface area contributed by atoms with Crippen LogP contribution in [0.1, 0.15) is 25.8 Å². The monoisotopic (exact) mass is 256 g/mol. The van der Waals surface area contributed by atoms with Gasteiger partial charge in [0, 0.05) is 29.6 Å². The van der Waals surface area contributed by atoms with Crippen LogP contribution in [0, 0.1) is 16.0 Å². The number of hydrogen-bond acceptors (Lipinski definition) is 3. The van der Waals surface area contributed by atoms with E-state index >= 15 is 0 Å². The largest absolute Gasteiger partial charge is 0.259 e. The molecule has 0 saturated carbocycles. The highest BCUT2D eigenvalue weighted by Crippen LogP contribution is 2.21. The van der Waals surface area contributed by atoms with Gasteiger partial charge in [-0.1, -0.05) is 38.1 Å². The van der Waals surface area contributed by atoms with Crippen LogP contribution in [-0.2, 0) is 0 Å². The highest BCUT2D eigenvalue weighted by atomic mass is 16.6. The second kappa shape index (κ2) is 5.61. The highest BCUT2D eigenvalue weighted by molar-refractivity contribution is 5.87. The van der Waals surface area contributed by atoms with Crippen LogP contribution in [0.3, 0.4) is 0 Å². The van der Waals surface area contributed by atoms with Crippen LogP contribution in [0.25, 0.3) is 17.0 Å². The Labute approximate surface area is 111 Å². The van der Waals surface area contributed by atoms with Crippen LogP contribution in [-0.4, -0.2) is 9.91 Å². The number of hydrogen-bond donors (Lipinski definition) is 0. The number of pyridine rings is 1. The number of fused-ring (bicyclic) bond motifs is 1. The summed E-state index contributed by atoms with van der Waals surface area (Å²) in [6.45, 7) is 3.94. The van der Waals surface area contributed by atoms with Crippen molar-refractivity contribution in [1.82, 2.24) is 4.98 Å². The summed E-state index contributed by atoms with van der Waals surface area (Å²) in [5, 5.41) is 12.1. The molecule has 0 radical (unpaired) electrons. The van der Waals surface area contributed by atoms with Gasteiger partial charge in [-0.3, -0.25) is 15.1 Å². The molecular weight excluding hydrogens is 240 g/mol. The zero-order chi connectivity index (χ0) is 13.8. The van der Waals surface area contributed by atoms with Crippen LogP contribution < -0.4 is 0 Å². The molecular formula is C15H16N2O2. The van der Waals surface area contributed by atoms with Crippen LogP contribution in [0.2, 0.25) is 0 Å². The first kappa shape index (κ1) is 13.2. The zero-order valence-corrected chi connectivity index (χ0v) is 11.0. The number of aromatic nitrogens is 1. The SMILES string of the molecule is CC(C)CC(=Cc1cccc2cccnc12)[N+](=O)[O-]. The van der Waals surface area contributed by atoms with E-state index in [1.54, 1.807) is 12.3 Å². The van der Waals surface area contributed by atoms with E-state index in [4.69, 9.17) is 0 Å². The van der Waals surface area contributed by atoms with Gasteiger partial charge in [-0.05, 0) is 12.0 Å². The van der Waals surface area contributed by atoms with Gasteiger partial charge in [0.2, 0.25) is 5.70 Å². The molecule has 0 aliphatic rings. The van der Waals surface area contributed by atoms with Crippen molar-refractivity contribution in [3.8, 4) is 0 Å². The van der Waals surface area contributed by atoms with E-state index in [0.717, 1.165) is 16.5 Å². The molecule has 0 spiro atoms. The number of rotatable bonds is 4. The number of nitrogens with zero attached hydrogens (tertiary/aromatic N) is 2. The average Bonchev–Trinajstić information content (AvgIpc) is 2.37. The maximum atomic E-state index is 11.1. The normalized spacial score (nSPS) is 12.1. The first-order chi connectivity index (χ1) is 9.08. The van der Waals surface area contributed by atoms with Gasteiger partial charge in [-0.15, -0.1) is 0 Å². The highest BCUT2D eigenvalue weighted by Gasteiger charge is 2.14. The first-order valence-electron chi connectivity index (χ1n) is 6.26. The number of para-hydroxylation sites is 1. The molecule has 0 saturated heterocycles. The van der Waals surface area contributed by atoms with Crippen LogP contribution in [0.15, 0.2) is 42.2 Å². The van der Waals surface area contributed by atoms with Gasteiger partial charge < -0.3 is 0 Å². The molecule has 4 heteroatoms. The van der Waals surface area contributed by atoms with Crippen molar-refractivity contribution in [3.05, 3.63) is 57.9 Å². The van der Waals surface area contributed by atoms with Crippen molar-refractivity contribution in [2.24, 2.45) is 5.92 Å². The maximum Gasteiger partial charge on any atom is 0.247 e. The van der Waals surface area contributed by atoms with Crippen molar-refractivity contribution < 1.29 is 4.92 Å². The smallest absolute Gasteiger partial charge is 0.247 e. The Balaban J connectivity index is 2.51. The van der Waals surface area contributed by atoms with E-state index < -0.39 is 0 Å². The molecule has 2 aromatic rings. The lowest BCUT2D eigenvalue weighted by atomic mass is 10.0. The molecule has 1 heterocycles. The number of allylic oxidation sites excluding steroid dienone is 1. The van der Waals surface area contributed by atoms with Gasteiger partial charge in [-0.2, -0.15) is 0 Å². The molecule has 1 aromatic carbocycles. The van der Waals surface area contributed by atoms with Crippen LogP contribution >= 0.6 is 0 Å². The zero-order valence-electron chi connectivity index (χ0n) is 11.0. The molecule has 0 N–H and O–H groups in total. The molecule has 0 atom stereocenters. The average molecular weight is 256 g/mol. The van der Waals surface area contributed by atoms with Gasteiger partial charge in [0.25, 0.3) is 0 Å². The molecule has 1 aromatic heterocycles. The Hall–Kier alpha value is -2.23. The molecule has 19 heavy (non-hydrogen) atoms. The van der Waals surface area contributed by atoms with Crippen LogP contribution in [0.5, 0.6) is 0 Å². The minimum absolute atomic E-state index is 0.230. The lowest BCUT2D eigenvalue weighted by molar-refractivity contribution is -0.427. The molecule has 0 fully saturated rings. The second-order valence-electron chi connectivity index (χ2n) is 4.91. The predicted molar refractivity (Wildman–Crippen MR) is 76.2 cm³/mol. The van der Waals surface area contributed by atoms with Crippen molar-refractivity contribution in [1.29, 1.82) is 0 Å². The molecule has 2 rings (SSSR count). The Bertz CT molecular complexity index is 628. The third kappa shape index (κ3) is 3.16. The fourth-order valence-electron chi connectivity index (χ4n) is 2.03. The summed E-state index contributed by atoms with van der Waals surface area (Å²) >= 11 is 0. The first-order valence-corrected chi connectivity index (χ1v) is 6.26. The summed E-state index contributed by atoms with van der Waals surface area (Å²) in [6.07, 6.45) is 3.79. The predicted octanol–water partition coefficient (Wildman–Crippen LogP) is 3.90. The quantitative estimate of drug-likeness (QED) is 0.615. The Morgan fingerprint density at radius 1 is 1.37 bits per heavy atom. The van der Waals surface area contributed by atoms with E-state index in [9.17, 15) is 10.1 Å². The van der Waals surface area contributed by atoms with Crippen molar-refractivity contribution in [3.63, 3.8) is 0 Å².